The summed E-state index contributed by atoms with van der Waals surface area (Å²) in [6.07, 6.45) is 0. The van der Waals surface area contributed by atoms with E-state index in [0.717, 1.165) is 17.8 Å². The maximum Gasteiger partial charge on any atom is 0.286 e. The second kappa shape index (κ2) is 5.46. The van der Waals surface area contributed by atoms with E-state index in [1.807, 2.05) is 0 Å². The smallest absolute Gasteiger partial charge is 0.286 e. The molecule has 0 aliphatic carbocycles. The lowest BCUT2D eigenvalue weighted by Gasteiger charge is -2.05. The molecule has 2 rings (SSSR count). The summed E-state index contributed by atoms with van der Waals surface area (Å²) >= 11 is 6.65. The van der Waals surface area contributed by atoms with Crippen LogP contribution in [-0.4, -0.2) is 10.0 Å². The molecule has 19 heavy (non-hydrogen) atoms. The Balaban J connectivity index is 2.44. The molecule has 2 aromatic carbocycles. The molecule has 0 aliphatic heterocycles. The minimum Gasteiger partial charge on any atom is -0.508 e. The molecule has 0 fully saturated rings. The van der Waals surface area contributed by atoms with Crippen molar-refractivity contribution in [2.45, 2.75) is 9.79 Å². The standard InChI is InChI=1S/C12H7ClFNO3S/c13-9-5-12(11(15(17)18)6-10(9)14)19-8-3-1-2-7(16)4-8/h1-6,16H. The lowest BCUT2D eigenvalue weighted by Crippen LogP contribution is -1.93. The number of phenols is 1. The number of nitrogens with zero attached hydrogens (tertiary/aromatic N) is 1. The molecule has 0 spiro atoms. The van der Waals surface area contributed by atoms with Crippen molar-refractivity contribution in [2.24, 2.45) is 0 Å². The van der Waals surface area contributed by atoms with Crippen LogP contribution in [0.15, 0.2) is 46.2 Å². The molecular weight excluding hydrogens is 293 g/mol. The second-order valence-corrected chi connectivity index (χ2v) is 5.11. The fraction of sp³-hybridized carbons (Fsp3) is 0. The molecule has 0 aromatic heterocycles. The number of halogens is 2. The minimum absolute atomic E-state index is 0.0425. The van der Waals surface area contributed by atoms with Crippen LogP contribution in [0.2, 0.25) is 5.02 Å². The van der Waals surface area contributed by atoms with Gasteiger partial charge in [-0.25, -0.2) is 4.39 Å². The highest BCUT2D eigenvalue weighted by Gasteiger charge is 2.18. The topological polar surface area (TPSA) is 63.4 Å². The van der Waals surface area contributed by atoms with Gasteiger partial charge in [0.15, 0.2) is 0 Å². The highest BCUT2D eigenvalue weighted by molar-refractivity contribution is 7.99. The van der Waals surface area contributed by atoms with E-state index in [1.54, 1.807) is 12.1 Å². The van der Waals surface area contributed by atoms with Crippen LogP contribution in [-0.2, 0) is 0 Å². The second-order valence-electron chi connectivity index (χ2n) is 3.59. The van der Waals surface area contributed by atoms with Gasteiger partial charge in [-0.1, -0.05) is 29.4 Å². The summed E-state index contributed by atoms with van der Waals surface area (Å²) in [4.78, 5) is 11.0. The van der Waals surface area contributed by atoms with E-state index >= 15 is 0 Å². The van der Waals surface area contributed by atoms with E-state index in [0.29, 0.717) is 4.90 Å². The van der Waals surface area contributed by atoms with Crippen molar-refractivity contribution >= 4 is 29.1 Å². The Labute approximate surface area is 117 Å². The van der Waals surface area contributed by atoms with Gasteiger partial charge in [0.05, 0.1) is 20.9 Å². The van der Waals surface area contributed by atoms with Gasteiger partial charge in [-0.2, -0.15) is 0 Å². The first-order valence-corrected chi connectivity index (χ1v) is 6.27. The van der Waals surface area contributed by atoms with Crippen LogP contribution < -0.4 is 0 Å². The van der Waals surface area contributed by atoms with Gasteiger partial charge in [0.1, 0.15) is 11.6 Å². The van der Waals surface area contributed by atoms with Crippen LogP contribution in [0.25, 0.3) is 0 Å². The van der Waals surface area contributed by atoms with E-state index in [-0.39, 0.29) is 21.4 Å². The Morgan fingerprint density at radius 1 is 1.32 bits per heavy atom. The highest BCUT2D eigenvalue weighted by Crippen LogP contribution is 2.38. The predicted octanol–water partition coefficient (Wildman–Crippen LogP) is 4.24. The van der Waals surface area contributed by atoms with Gasteiger partial charge in [0, 0.05) is 4.90 Å². The molecule has 0 amide bonds. The Morgan fingerprint density at radius 2 is 2.05 bits per heavy atom. The number of nitro benzene ring substituents is 1. The monoisotopic (exact) mass is 299 g/mol. The molecule has 0 radical (unpaired) electrons. The first-order valence-electron chi connectivity index (χ1n) is 5.07. The Kier molecular flexibility index (Phi) is 3.92. The fourth-order valence-electron chi connectivity index (χ4n) is 1.42. The third-order valence-electron chi connectivity index (χ3n) is 2.24. The van der Waals surface area contributed by atoms with Gasteiger partial charge in [0.2, 0.25) is 0 Å². The van der Waals surface area contributed by atoms with Crippen molar-refractivity contribution in [2.75, 3.05) is 0 Å². The van der Waals surface area contributed by atoms with Gasteiger partial charge < -0.3 is 5.11 Å². The van der Waals surface area contributed by atoms with Crippen molar-refractivity contribution < 1.29 is 14.4 Å². The average Bonchev–Trinajstić information content (AvgIpc) is 2.33. The summed E-state index contributed by atoms with van der Waals surface area (Å²) in [5.74, 6) is -0.797. The average molecular weight is 300 g/mol. The van der Waals surface area contributed by atoms with E-state index in [1.165, 1.54) is 18.2 Å². The number of benzene rings is 2. The van der Waals surface area contributed by atoms with Crippen molar-refractivity contribution in [1.82, 2.24) is 0 Å². The third kappa shape index (κ3) is 3.15. The van der Waals surface area contributed by atoms with E-state index < -0.39 is 10.7 Å². The van der Waals surface area contributed by atoms with Crippen LogP contribution in [0.5, 0.6) is 5.75 Å². The van der Waals surface area contributed by atoms with Crippen molar-refractivity contribution in [3.63, 3.8) is 0 Å². The summed E-state index contributed by atoms with van der Waals surface area (Å²) in [5.41, 5.74) is -0.366. The van der Waals surface area contributed by atoms with Crippen LogP contribution in [0.3, 0.4) is 0 Å². The molecule has 0 unspecified atom stereocenters. The minimum atomic E-state index is -0.839. The van der Waals surface area contributed by atoms with Crippen LogP contribution in [0.1, 0.15) is 0 Å². The van der Waals surface area contributed by atoms with Gasteiger partial charge in [-0.3, -0.25) is 10.1 Å². The molecule has 0 heterocycles. The normalized spacial score (nSPS) is 10.4. The van der Waals surface area contributed by atoms with Crippen molar-refractivity contribution in [3.8, 4) is 5.75 Å². The van der Waals surface area contributed by atoms with E-state index in [4.69, 9.17) is 11.6 Å². The summed E-state index contributed by atoms with van der Waals surface area (Å²) in [6.45, 7) is 0. The Morgan fingerprint density at radius 3 is 2.68 bits per heavy atom. The maximum atomic E-state index is 13.2. The Bertz CT molecular complexity index is 651. The van der Waals surface area contributed by atoms with E-state index in [9.17, 15) is 19.6 Å². The summed E-state index contributed by atoms with van der Waals surface area (Å²) in [5, 5.41) is 20.0. The lowest BCUT2D eigenvalue weighted by molar-refractivity contribution is -0.387. The molecule has 0 saturated carbocycles. The molecule has 0 atom stereocenters. The van der Waals surface area contributed by atoms with Gasteiger partial charge >= 0.3 is 0 Å². The van der Waals surface area contributed by atoms with Crippen molar-refractivity contribution in [3.05, 3.63) is 57.4 Å². The van der Waals surface area contributed by atoms with Gasteiger partial charge in [-0.05, 0) is 24.3 Å². The summed E-state index contributed by atoms with van der Waals surface area (Å²) in [7, 11) is 0. The first-order chi connectivity index (χ1) is 8.97. The van der Waals surface area contributed by atoms with Crippen LogP contribution in [0, 0.1) is 15.9 Å². The predicted molar refractivity (Wildman–Crippen MR) is 70.3 cm³/mol. The molecule has 1 N–H and O–H groups in total. The number of aromatic hydroxyl groups is 1. The molecule has 0 saturated heterocycles. The molecule has 0 aliphatic rings. The van der Waals surface area contributed by atoms with Gasteiger partial charge in [-0.15, -0.1) is 0 Å². The van der Waals surface area contributed by atoms with Crippen LogP contribution in [0.4, 0.5) is 10.1 Å². The van der Waals surface area contributed by atoms with Crippen LogP contribution >= 0.6 is 23.4 Å². The maximum absolute atomic E-state index is 13.2. The largest absolute Gasteiger partial charge is 0.508 e. The highest BCUT2D eigenvalue weighted by atomic mass is 35.5. The molecule has 2 aromatic rings. The SMILES string of the molecule is O=[N+]([O-])c1cc(F)c(Cl)cc1Sc1cccc(O)c1. The molecule has 7 heteroatoms. The lowest BCUT2D eigenvalue weighted by atomic mass is 10.3. The molecule has 98 valence electrons. The molecular formula is C12H7ClFNO3S. The van der Waals surface area contributed by atoms with E-state index in [2.05, 4.69) is 0 Å². The number of hydrogen-bond donors (Lipinski definition) is 1. The number of rotatable bonds is 3. The summed E-state index contributed by atoms with van der Waals surface area (Å²) in [6, 6.07) is 8.19. The number of hydrogen-bond acceptors (Lipinski definition) is 4. The first kappa shape index (κ1) is 13.6. The summed E-state index contributed by atoms with van der Waals surface area (Å²) < 4.78 is 13.2. The quantitative estimate of drug-likeness (QED) is 0.680. The zero-order valence-electron chi connectivity index (χ0n) is 9.34. The Hall–Kier alpha value is -1.79. The fourth-order valence-corrected chi connectivity index (χ4v) is 2.64. The molecule has 4 nitrogen and oxygen atoms in total. The molecule has 0 bridgehead atoms. The third-order valence-corrected chi connectivity index (χ3v) is 3.57. The zero-order valence-corrected chi connectivity index (χ0v) is 10.9. The van der Waals surface area contributed by atoms with Crippen molar-refractivity contribution in [1.29, 1.82) is 0 Å². The number of nitro groups is 1. The van der Waals surface area contributed by atoms with Gasteiger partial charge in [0.25, 0.3) is 5.69 Å². The zero-order chi connectivity index (χ0) is 14.0. The number of phenolic OH excluding ortho intramolecular Hbond substituents is 1.